The topological polar surface area (TPSA) is 38.1 Å². The van der Waals surface area contributed by atoms with Crippen molar-refractivity contribution in [1.82, 2.24) is 10.3 Å². The fourth-order valence-electron chi connectivity index (χ4n) is 5.78. The van der Waals surface area contributed by atoms with Gasteiger partial charge < -0.3 is 9.73 Å². The molecule has 0 radical (unpaired) electrons. The largest absolute Gasteiger partial charge is 0.444 e. The molecule has 4 saturated carbocycles. The van der Waals surface area contributed by atoms with Crippen LogP contribution in [0.2, 0.25) is 0 Å². The monoisotopic (exact) mass is 288 g/mol. The summed E-state index contributed by atoms with van der Waals surface area (Å²) < 4.78 is 5.71. The summed E-state index contributed by atoms with van der Waals surface area (Å²) in [6, 6.07) is 0.582. The quantitative estimate of drug-likeness (QED) is 0.910. The lowest BCUT2D eigenvalue weighted by molar-refractivity contribution is -0.0709. The van der Waals surface area contributed by atoms with Crippen LogP contribution in [-0.2, 0) is 6.54 Å². The summed E-state index contributed by atoms with van der Waals surface area (Å²) in [6.45, 7) is 7.19. The van der Waals surface area contributed by atoms with Gasteiger partial charge in [0.2, 0.25) is 5.89 Å². The molecule has 0 amide bonds. The Kier molecular flexibility index (Phi) is 3.18. The first-order valence-corrected chi connectivity index (χ1v) is 8.70. The van der Waals surface area contributed by atoms with Gasteiger partial charge in [0.1, 0.15) is 5.76 Å². The molecule has 1 aromatic rings. The van der Waals surface area contributed by atoms with Crippen LogP contribution in [-0.4, -0.2) is 11.0 Å². The first kappa shape index (κ1) is 13.8. The van der Waals surface area contributed by atoms with Crippen LogP contribution < -0.4 is 5.32 Å². The number of hydrogen-bond acceptors (Lipinski definition) is 3. The Labute approximate surface area is 127 Å². The van der Waals surface area contributed by atoms with Gasteiger partial charge in [0.25, 0.3) is 0 Å². The highest BCUT2D eigenvalue weighted by atomic mass is 16.4. The third-order valence-electron chi connectivity index (χ3n) is 6.64. The average molecular weight is 288 g/mol. The molecule has 1 heterocycles. The third kappa shape index (κ3) is 2.34. The van der Waals surface area contributed by atoms with E-state index < -0.39 is 0 Å². The Bertz CT molecular complexity index is 479. The molecule has 4 aliphatic carbocycles. The first-order valence-electron chi connectivity index (χ1n) is 8.70. The molecular weight excluding hydrogens is 260 g/mol. The summed E-state index contributed by atoms with van der Waals surface area (Å²) in [5.74, 6) is 4.86. The number of aryl methyl sites for hydroxylation is 2. The molecule has 1 N–H and O–H groups in total. The van der Waals surface area contributed by atoms with Crippen molar-refractivity contribution in [3.63, 3.8) is 0 Å². The number of aromatic nitrogens is 1. The first-order chi connectivity index (χ1) is 10.0. The third-order valence-corrected chi connectivity index (χ3v) is 6.64. The average Bonchev–Trinajstić information content (AvgIpc) is 2.73. The normalized spacial score (nSPS) is 38.9. The molecule has 1 atom stereocenters. The van der Waals surface area contributed by atoms with Crippen molar-refractivity contribution in [3.05, 3.63) is 17.3 Å². The highest BCUT2D eigenvalue weighted by Gasteiger charge is 2.52. The highest BCUT2D eigenvalue weighted by molar-refractivity contribution is 5.07. The molecule has 0 aliphatic heterocycles. The van der Waals surface area contributed by atoms with Crippen molar-refractivity contribution in [2.45, 2.75) is 71.9 Å². The lowest BCUT2D eigenvalue weighted by Crippen LogP contribution is -2.54. The molecule has 21 heavy (non-hydrogen) atoms. The van der Waals surface area contributed by atoms with E-state index in [4.69, 9.17) is 4.42 Å². The summed E-state index contributed by atoms with van der Waals surface area (Å²) in [7, 11) is 0. The van der Waals surface area contributed by atoms with Gasteiger partial charge in [-0.25, -0.2) is 4.98 Å². The number of oxazole rings is 1. The maximum absolute atomic E-state index is 5.71. The van der Waals surface area contributed by atoms with E-state index >= 15 is 0 Å². The smallest absolute Gasteiger partial charge is 0.208 e. The van der Waals surface area contributed by atoms with E-state index in [-0.39, 0.29) is 0 Å². The second-order valence-corrected chi connectivity index (χ2v) is 8.13. The Morgan fingerprint density at radius 3 is 2.19 bits per heavy atom. The van der Waals surface area contributed by atoms with E-state index in [0.717, 1.165) is 41.6 Å². The van der Waals surface area contributed by atoms with Gasteiger partial charge in [-0.3, -0.25) is 0 Å². The van der Waals surface area contributed by atoms with Crippen molar-refractivity contribution >= 4 is 0 Å². The predicted molar refractivity (Wildman–Crippen MR) is 82.9 cm³/mol. The van der Waals surface area contributed by atoms with Gasteiger partial charge in [0.05, 0.1) is 12.2 Å². The lowest BCUT2D eigenvalue weighted by Gasteiger charge is -2.59. The Balaban J connectivity index is 1.44. The molecule has 0 aromatic carbocycles. The molecule has 0 saturated heterocycles. The minimum atomic E-state index is 0.561. The molecule has 3 heteroatoms. The maximum Gasteiger partial charge on any atom is 0.208 e. The molecule has 116 valence electrons. The van der Waals surface area contributed by atoms with Crippen LogP contribution >= 0.6 is 0 Å². The number of nitrogens with one attached hydrogen (secondary N) is 1. The summed E-state index contributed by atoms with van der Waals surface area (Å²) in [5, 5.41) is 3.74. The van der Waals surface area contributed by atoms with Crippen LogP contribution in [0.25, 0.3) is 0 Å². The van der Waals surface area contributed by atoms with E-state index in [1.165, 1.54) is 38.5 Å². The zero-order valence-electron chi connectivity index (χ0n) is 13.6. The van der Waals surface area contributed by atoms with Crippen LogP contribution in [0.1, 0.15) is 62.8 Å². The summed E-state index contributed by atoms with van der Waals surface area (Å²) in [5.41, 5.74) is 1.58. The van der Waals surface area contributed by atoms with E-state index in [9.17, 15) is 0 Å². The Morgan fingerprint density at radius 2 is 1.71 bits per heavy atom. The van der Waals surface area contributed by atoms with E-state index in [2.05, 4.69) is 17.2 Å². The fraction of sp³-hybridized carbons (Fsp3) is 0.833. The van der Waals surface area contributed by atoms with Gasteiger partial charge in [-0.05, 0) is 82.5 Å². The number of nitrogens with zero attached hydrogens (tertiary/aromatic N) is 1. The lowest BCUT2D eigenvalue weighted by atomic mass is 9.48. The molecule has 3 nitrogen and oxygen atoms in total. The minimum absolute atomic E-state index is 0.561. The van der Waals surface area contributed by atoms with Gasteiger partial charge in [-0.1, -0.05) is 0 Å². The van der Waals surface area contributed by atoms with Crippen LogP contribution in [0, 0.1) is 37.0 Å². The predicted octanol–water partition coefficient (Wildman–Crippen LogP) is 3.99. The molecule has 4 fully saturated rings. The highest BCUT2D eigenvalue weighted by Crippen LogP contribution is 2.61. The molecule has 1 unspecified atom stereocenters. The van der Waals surface area contributed by atoms with Crippen molar-refractivity contribution < 1.29 is 4.42 Å². The Hall–Kier alpha value is -0.830. The number of hydrogen-bond donors (Lipinski definition) is 1. The van der Waals surface area contributed by atoms with E-state index in [0.29, 0.717) is 11.5 Å². The second-order valence-electron chi connectivity index (χ2n) is 8.13. The number of rotatable bonds is 4. The molecular formula is C18H28N2O. The molecule has 4 aliphatic rings. The van der Waals surface area contributed by atoms with Crippen LogP contribution in [0.15, 0.2) is 4.42 Å². The summed E-state index contributed by atoms with van der Waals surface area (Å²) in [6.07, 6.45) is 8.92. The maximum atomic E-state index is 5.71. The van der Waals surface area contributed by atoms with Gasteiger partial charge >= 0.3 is 0 Å². The molecule has 5 rings (SSSR count). The van der Waals surface area contributed by atoms with Crippen LogP contribution in [0.4, 0.5) is 0 Å². The minimum Gasteiger partial charge on any atom is -0.444 e. The second kappa shape index (κ2) is 4.84. The van der Waals surface area contributed by atoms with Crippen LogP contribution in [0.5, 0.6) is 0 Å². The summed E-state index contributed by atoms with van der Waals surface area (Å²) >= 11 is 0. The van der Waals surface area contributed by atoms with Crippen molar-refractivity contribution in [3.8, 4) is 0 Å². The SMILES string of the molecule is Cc1nc(CNC(C)C23CC4CC(CC(C4)C2)C3)oc1C. The van der Waals surface area contributed by atoms with E-state index in [1.54, 1.807) is 0 Å². The van der Waals surface area contributed by atoms with E-state index in [1.807, 2.05) is 13.8 Å². The zero-order chi connectivity index (χ0) is 14.6. The standard InChI is InChI=1S/C18H28N2O/c1-11-12(2)21-17(20-11)10-19-13(3)18-7-14-4-15(8-18)6-16(5-14)9-18/h13-16,19H,4-10H2,1-3H3. The summed E-state index contributed by atoms with van der Waals surface area (Å²) in [4.78, 5) is 4.50. The Morgan fingerprint density at radius 1 is 1.14 bits per heavy atom. The molecule has 4 bridgehead atoms. The van der Waals surface area contributed by atoms with Crippen LogP contribution in [0.3, 0.4) is 0 Å². The van der Waals surface area contributed by atoms with Crippen molar-refractivity contribution in [1.29, 1.82) is 0 Å². The molecule has 1 aromatic heterocycles. The van der Waals surface area contributed by atoms with Crippen molar-refractivity contribution in [2.75, 3.05) is 0 Å². The zero-order valence-corrected chi connectivity index (χ0v) is 13.6. The van der Waals surface area contributed by atoms with Gasteiger partial charge in [0, 0.05) is 6.04 Å². The van der Waals surface area contributed by atoms with Gasteiger partial charge in [-0.15, -0.1) is 0 Å². The fourth-order valence-corrected chi connectivity index (χ4v) is 5.78. The van der Waals surface area contributed by atoms with Gasteiger partial charge in [-0.2, -0.15) is 0 Å². The van der Waals surface area contributed by atoms with Crippen molar-refractivity contribution in [2.24, 2.45) is 23.2 Å². The molecule has 0 spiro atoms. The van der Waals surface area contributed by atoms with Gasteiger partial charge in [0.15, 0.2) is 0 Å².